The lowest BCUT2D eigenvalue weighted by Gasteiger charge is -2.16. The predicted octanol–water partition coefficient (Wildman–Crippen LogP) is 4.03. The minimum atomic E-state index is -0.484. The van der Waals surface area contributed by atoms with Gasteiger partial charge in [-0.3, -0.25) is 9.59 Å². The molecule has 1 aliphatic heterocycles. The molecule has 3 aromatic rings. The summed E-state index contributed by atoms with van der Waals surface area (Å²) in [6, 6.07) is 23.0. The fraction of sp³-hybridized carbons (Fsp3) is 0.115. The first-order chi connectivity index (χ1) is 15.9. The number of anilines is 3. The highest BCUT2D eigenvalue weighted by molar-refractivity contribution is 6.46. The van der Waals surface area contributed by atoms with E-state index in [0.717, 1.165) is 10.6 Å². The van der Waals surface area contributed by atoms with Gasteiger partial charge in [0.15, 0.2) is 0 Å². The zero-order valence-corrected chi connectivity index (χ0v) is 18.5. The van der Waals surface area contributed by atoms with Crippen molar-refractivity contribution >= 4 is 34.4 Å². The fourth-order valence-electron chi connectivity index (χ4n) is 3.65. The van der Waals surface area contributed by atoms with Gasteiger partial charge in [-0.2, -0.15) is 5.26 Å². The van der Waals surface area contributed by atoms with E-state index < -0.39 is 11.8 Å². The fourth-order valence-corrected chi connectivity index (χ4v) is 3.65. The molecule has 1 heterocycles. The number of nitrogens with one attached hydrogen (secondary N) is 1. The van der Waals surface area contributed by atoms with Gasteiger partial charge in [-0.05, 0) is 54.6 Å². The van der Waals surface area contributed by atoms with Gasteiger partial charge in [-0.15, -0.1) is 0 Å². The van der Waals surface area contributed by atoms with E-state index in [2.05, 4.69) is 5.32 Å². The molecule has 0 fully saturated rings. The Morgan fingerprint density at radius 1 is 0.909 bits per heavy atom. The maximum atomic E-state index is 13.6. The van der Waals surface area contributed by atoms with Gasteiger partial charge in [0, 0.05) is 31.0 Å². The number of carbonyl (C=O) groups excluding carboxylic acids is 2. The minimum absolute atomic E-state index is 0.159. The highest BCUT2D eigenvalue weighted by Gasteiger charge is 2.41. The van der Waals surface area contributed by atoms with Gasteiger partial charge in [0.05, 0.1) is 30.0 Å². The lowest BCUT2D eigenvalue weighted by atomic mass is 10.0. The summed E-state index contributed by atoms with van der Waals surface area (Å²) in [4.78, 5) is 30.2. The SMILES string of the molecule is COc1ccccc1C1=C(Nc2ccc(N(C)C)cc2)C(=O)N(c2ccc(C#N)cc2)C1=O. The lowest BCUT2D eigenvalue weighted by molar-refractivity contribution is -0.120. The van der Waals surface area contributed by atoms with Gasteiger partial charge >= 0.3 is 0 Å². The van der Waals surface area contributed by atoms with Crippen molar-refractivity contribution in [2.45, 2.75) is 0 Å². The molecule has 0 radical (unpaired) electrons. The third-order valence-corrected chi connectivity index (χ3v) is 5.37. The number of benzene rings is 3. The zero-order valence-electron chi connectivity index (χ0n) is 18.5. The van der Waals surface area contributed by atoms with E-state index in [1.165, 1.54) is 7.11 Å². The molecule has 2 amide bonds. The maximum Gasteiger partial charge on any atom is 0.282 e. The summed E-state index contributed by atoms with van der Waals surface area (Å²) in [5.74, 6) is -0.471. The second-order valence-electron chi connectivity index (χ2n) is 7.62. The number of hydrogen-bond acceptors (Lipinski definition) is 6. The molecule has 4 rings (SSSR count). The number of hydrogen-bond donors (Lipinski definition) is 1. The molecule has 33 heavy (non-hydrogen) atoms. The number of carbonyl (C=O) groups is 2. The summed E-state index contributed by atoms with van der Waals surface area (Å²) in [7, 11) is 5.41. The molecular formula is C26H22N4O3. The highest BCUT2D eigenvalue weighted by atomic mass is 16.5. The highest BCUT2D eigenvalue weighted by Crippen LogP contribution is 2.37. The van der Waals surface area contributed by atoms with Gasteiger partial charge in [0.1, 0.15) is 11.4 Å². The zero-order chi connectivity index (χ0) is 23.5. The maximum absolute atomic E-state index is 13.6. The Bertz CT molecular complexity index is 1290. The summed E-state index contributed by atoms with van der Waals surface area (Å²) in [6.07, 6.45) is 0. The largest absolute Gasteiger partial charge is 0.496 e. The Labute approximate surface area is 192 Å². The van der Waals surface area contributed by atoms with Crippen LogP contribution >= 0.6 is 0 Å². The molecule has 0 spiro atoms. The van der Waals surface area contributed by atoms with Crippen molar-refractivity contribution in [1.82, 2.24) is 0 Å². The first-order valence-corrected chi connectivity index (χ1v) is 10.3. The topological polar surface area (TPSA) is 85.7 Å². The van der Waals surface area contributed by atoms with Crippen molar-refractivity contribution in [2.24, 2.45) is 0 Å². The van der Waals surface area contributed by atoms with Crippen LogP contribution in [0.2, 0.25) is 0 Å². The van der Waals surface area contributed by atoms with Gasteiger partial charge in [-0.25, -0.2) is 4.90 Å². The molecule has 0 aromatic heterocycles. The van der Waals surface area contributed by atoms with Crippen LogP contribution in [-0.4, -0.2) is 33.0 Å². The molecule has 3 aromatic carbocycles. The molecule has 1 N–H and O–H groups in total. The summed E-state index contributed by atoms with van der Waals surface area (Å²) in [6.45, 7) is 0. The number of para-hydroxylation sites is 1. The van der Waals surface area contributed by atoms with Gasteiger partial charge in [0.25, 0.3) is 11.8 Å². The molecule has 1 aliphatic rings. The van der Waals surface area contributed by atoms with Crippen LogP contribution in [0.4, 0.5) is 17.1 Å². The standard InChI is InChI=1S/C26H22N4O3/c1-29(2)19-14-10-18(11-15-19)28-24-23(21-6-4-5-7-22(21)33-3)25(31)30(26(24)32)20-12-8-17(16-27)9-13-20/h4-15,28H,1-3H3. The van der Waals surface area contributed by atoms with Crippen LogP contribution in [0.25, 0.3) is 5.57 Å². The van der Waals surface area contributed by atoms with E-state index in [-0.39, 0.29) is 11.3 Å². The minimum Gasteiger partial charge on any atom is -0.496 e. The summed E-state index contributed by atoms with van der Waals surface area (Å²) >= 11 is 0. The average molecular weight is 438 g/mol. The van der Waals surface area contributed by atoms with Gasteiger partial charge in [0.2, 0.25) is 0 Å². The number of imide groups is 1. The first kappa shape index (κ1) is 21.7. The van der Waals surface area contributed by atoms with Crippen LogP contribution in [0, 0.1) is 11.3 Å². The van der Waals surface area contributed by atoms with Crippen molar-refractivity contribution < 1.29 is 14.3 Å². The first-order valence-electron chi connectivity index (χ1n) is 10.3. The molecular weight excluding hydrogens is 416 g/mol. The summed E-state index contributed by atoms with van der Waals surface area (Å²) in [5.41, 5.74) is 3.40. The number of nitrogens with zero attached hydrogens (tertiary/aromatic N) is 3. The Balaban J connectivity index is 1.81. The van der Waals surface area contributed by atoms with E-state index in [1.807, 2.05) is 49.3 Å². The Morgan fingerprint density at radius 3 is 2.18 bits per heavy atom. The predicted molar refractivity (Wildman–Crippen MR) is 128 cm³/mol. The van der Waals surface area contributed by atoms with Crippen LogP contribution in [0.15, 0.2) is 78.5 Å². The normalized spacial score (nSPS) is 13.2. The Kier molecular flexibility index (Phi) is 5.83. The van der Waals surface area contributed by atoms with Crippen molar-refractivity contribution in [3.05, 3.63) is 89.6 Å². The Morgan fingerprint density at radius 2 is 1.58 bits per heavy atom. The molecule has 7 nitrogen and oxygen atoms in total. The van der Waals surface area contributed by atoms with E-state index >= 15 is 0 Å². The molecule has 0 atom stereocenters. The number of methoxy groups -OCH3 is 1. The van der Waals surface area contributed by atoms with Crippen molar-refractivity contribution in [2.75, 3.05) is 36.3 Å². The molecule has 0 saturated heterocycles. The molecule has 0 bridgehead atoms. The molecule has 164 valence electrons. The third-order valence-electron chi connectivity index (χ3n) is 5.37. The smallest absolute Gasteiger partial charge is 0.282 e. The molecule has 0 saturated carbocycles. The monoisotopic (exact) mass is 438 g/mol. The number of nitriles is 1. The number of amides is 2. The van der Waals surface area contributed by atoms with Crippen LogP contribution < -0.4 is 19.9 Å². The second kappa shape index (κ2) is 8.89. The average Bonchev–Trinajstić information content (AvgIpc) is 3.08. The third kappa shape index (κ3) is 4.02. The second-order valence-corrected chi connectivity index (χ2v) is 7.62. The molecule has 0 aliphatic carbocycles. The van der Waals surface area contributed by atoms with E-state index in [1.54, 1.807) is 48.5 Å². The van der Waals surface area contributed by atoms with E-state index in [9.17, 15) is 9.59 Å². The Hall–Kier alpha value is -4.57. The lowest BCUT2D eigenvalue weighted by Crippen LogP contribution is -2.32. The van der Waals surface area contributed by atoms with E-state index in [0.29, 0.717) is 28.3 Å². The van der Waals surface area contributed by atoms with Gasteiger partial charge < -0.3 is 15.0 Å². The molecule has 0 unspecified atom stereocenters. The van der Waals surface area contributed by atoms with Crippen LogP contribution in [-0.2, 0) is 9.59 Å². The molecule has 7 heteroatoms. The number of ether oxygens (including phenoxy) is 1. The van der Waals surface area contributed by atoms with Crippen LogP contribution in [0.3, 0.4) is 0 Å². The number of rotatable bonds is 6. The summed E-state index contributed by atoms with van der Waals surface area (Å²) < 4.78 is 5.47. The van der Waals surface area contributed by atoms with E-state index in [4.69, 9.17) is 10.00 Å². The van der Waals surface area contributed by atoms with Gasteiger partial charge in [-0.1, -0.05) is 18.2 Å². The summed E-state index contributed by atoms with van der Waals surface area (Å²) in [5, 5.41) is 12.2. The van der Waals surface area contributed by atoms with Crippen molar-refractivity contribution in [1.29, 1.82) is 5.26 Å². The van der Waals surface area contributed by atoms with Crippen molar-refractivity contribution in [3.8, 4) is 11.8 Å². The quantitative estimate of drug-likeness (QED) is 0.585. The van der Waals surface area contributed by atoms with Crippen LogP contribution in [0.5, 0.6) is 5.75 Å². The van der Waals surface area contributed by atoms with Crippen molar-refractivity contribution in [3.63, 3.8) is 0 Å². The van der Waals surface area contributed by atoms with Crippen LogP contribution in [0.1, 0.15) is 11.1 Å².